The number of hydrogen-bond donors (Lipinski definition) is 1. The Balaban J connectivity index is 2.77. The van der Waals surface area contributed by atoms with Crippen molar-refractivity contribution in [2.75, 3.05) is 13.1 Å². The highest BCUT2D eigenvalue weighted by atomic mass is 16.4. The van der Waals surface area contributed by atoms with E-state index in [4.69, 9.17) is 5.11 Å². The van der Waals surface area contributed by atoms with E-state index in [1.807, 2.05) is 6.07 Å². The lowest BCUT2D eigenvalue weighted by atomic mass is 10.1. The fraction of sp³-hybridized carbons (Fsp3) is 0.600. The lowest BCUT2D eigenvalue weighted by Crippen LogP contribution is -2.31. The van der Waals surface area contributed by atoms with Gasteiger partial charge in [0.15, 0.2) is 0 Å². The van der Waals surface area contributed by atoms with Crippen LogP contribution in [0.3, 0.4) is 0 Å². The number of nitrogens with zero attached hydrogens (tertiary/aromatic N) is 2. The molecule has 0 bridgehead atoms. The van der Waals surface area contributed by atoms with Crippen LogP contribution in [0, 0.1) is 11.8 Å². The molecule has 0 aliphatic rings. The van der Waals surface area contributed by atoms with E-state index in [0.29, 0.717) is 18.4 Å². The summed E-state index contributed by atoms with van der Waals surface area (Å²) in [6.07, 6.45) is 0. The average Bonchev–Trinajstić information content (AvgIpc) is 2.27. The molecule has 0 aromatic carbocycles. The summed E-state index contributed by atoms with van der Waals surface area (Å²) in [5, 5.41) is 8.96. The first-order valence-corrected chi connectivity index (χ1v) is 6.80. The highest BCUT2D eigenvalue weighted by Gasteiger charge is 2.12. The van der Waals surface area contributed by atoms with Crippen molar-refractivity contribution in [1.82, 2.24) is 9.88 Å². The van der Waals surface area contributed by atoms with E-state index in [1.54, 1.807) is 6.07 Å². The van der Waals surface area contributed by atoms with Gasteiger partial charge in [0.1, 0.15) is 5.69 Å². The minimum atomic E-state index is -0.971. The predicted molar refractivity (Wildman–Crippen MR) is 76.1 cm³/mol. The highest BCUT2D eigenvalue weighted by Crippen LogP contribution is 2.09. The van der Waals surface area contributed by atoms with Crippen LogP contribution in [-0.4, -0.2) is 34.0 Å². The van der Waals surface area contributed by atoms with Gasteiger partial charge in [0.05, 0.1) is 5.69 Å². The lowest BCUT2D eigenvalue weighted by Gasteiger charge is -2.25. The molecule has 0 aliphatic carbocycles. The monoisotopic (exact) mass is 264 g/mol. The van der Waals surface area contributed by atoms with Gasteiger partial charge >= 0.3 is 5.97 Å². The van der Waals surface area contributed by atoms with Crippen LogP contribution >= 0.6 is 0 Å². The van der Waals surface area contributed by atoms with Gasteiger partial charge in [-0.05, 0) is 24.0 Å². The average molecular weight is 264 g/mol. The number of carboxylic acids is 1. The van der Waals surface area contributed by atoms with Crippen molar-refractivity contribution in [3.63, 3.8) is 0 Å². The van der Waals surface area contributed by atoms with Crippen molar-refractivity contribution in [3.8, 4) is 0 Å². The summed E-state index contributed by atoms with van der Waals surface area (Å²) >= 11 is 0. The van der Waals surface area contributed by atoms with Gasteiger partial charge in [0, 0.05) is 19.6 Å². The second-order valence-corrected chi connectivity index (χ2v) is 5.80. The molecule has 0 unspecified atom stereocenters. The summed E-state index contributed by atoms with van der Waals surface area (Å²) in [5.41, 5.74) is 0.938. The van der Waals surface area contributed by atoms with Crippen molar-refractivity contribution in [3.05, 3.63) is 29.6 Å². The van der Waals surface area contributed by atoms with E-state index in [0.717, 1.165) is 18.8 Å². The van der Waals surface area contributed by atoms with E-state index in [-0.39, 0.29) is 5.69 Å². The summed E-state index contributed by atoms with van der Waals surface area (Å²) in [4.78, 5) is 17.4. The molecule has 1 heterocycles. The molecule has 1 aromatic rings. The second kappa shape index (κ2) is 7.24. The molecule has 0 atom stereocenters. The molecule has 0 radical (unpaired) electrons. The van der Waals surface area contributed by atoms with E-state index in [9.17, 15) is 4.79 Å². The third kappa shape index (κ3) is 5.83. The number of aromatic nitrogens is 1. The summed E-state index contributed by atoms with van der Waals surface area (Å²) in [6.45, 7) is 11.5. The predicted octanol–water partition coefficient (Wildman–Crippen LogP) is 2.89. The Kier molecular flexibility index (Phi) is 5.96. The maximum absolute atomic E-state index is 10.9. The summed E-state index contributed by atoms with van der Waals surface area (Å²) in [7, 11) is 0. The van der Waals surface area contributed by atoms with Crippen LogP contribution in [0.15, 0.2) is 18.2 Å². The number of carboxylic acid groups (broad SMARTS) is 1. The topological polar surface area (TPSA) is 53.4 Å². The SMILES string of the molecule is CC(C)CN(Cc1cccc(C(=O)O)n1)CC(C)C. The molecule has 4 nitrogen and oxygen atoms in total. The Morgan fingerprint density at radius 3 is 2.26 bits per heavy atom. The fourth-order valence-electron chi connectivity index (χ4n) is 2.15. The standard InChI is InChI=1S/C15H24N2O2/c1-11(2)8-17(9-12(3)4)10-13-6-5-7-14(16-13)15(18)19/h5-7,11-12H,8-10H2,1-4H3,(H,18,19). The fourth-order valence-corrected chi connectivity index (χ4v) is 2.15. The van der Waals surface area contributed by atoms with Crippen LogP contribution in [0.25, 0.3) is 0 Å². The molecular weight excluding hydrogens is 240 g/mol. The van der Waals surface area contributed by atoms with Crippen molar-refractivity contribution in [2.45, 2.75) is 34.2 Å². The molecule has 0 saturated carbocycles. The van der Waals surface area contributed by atoms with Gasteiger partial charge in [-0.1, -0.05) is 33.8 Å². The van der Waals surface area contributed by atoms with E-state index in [1.165, 1.54) is 6.07 Å². The Labute approximate surface area is 115 Å². The normalized spacial score (nSPS) is 11.5. The van der Waals surface area contributed by atoms with Gasteiger partial charge in [-0.25, -0.2) is 9.78 Å². The number of rotatable bonds is 7. The Morgan fingerprint density at radius 2 is 1.79 bits per heavy atom. The van der Waals surface area contributed by atoms with Crippen LogP contribution < -0.4 is 0 Å². The highest BCUT2D eigenvalue weighted by molar-refractivity contribution is 5.85. The van der Waals surface area contributed by atoms with Gasteiger partial charge in [-0.2, -0.15) is 0 Å². The zero-order valence-corrected chi connectivity index (χ0v) is 12.3. The maximum atomic E-state index is 10.9. The third-order valence-electron chi connectivity index (χ3n) is 2.66. The number of carbonyl (C=O) groups is 1. The van der Waals surface area contributed by atoms with Gasteiger partial charge in [-0.15, -0.1) is 0 Å². The summed E-state index contributed by atoms with van der Waals surface area (Å²) in [6, 6.07) is 5.18. The van der Waals surface area contributed by atoms with Gasteiger partial charge in [0.25, 0.3) is 0 Å². The van der Waals surface area contributed by atoms with Gasteiger partial charge in [-0.3, -0.25) is 4.90 Å². The summed E-state index contributed by atoms with van der Waals surface area (Å²) in [5.74, 6) is 0.198. The first-order chi connectivity index (χ1) is 8.88. The largest absolute Gasteiger partial charge is 0.477 e. The second-order valence-electron chi connectivity index (χ2n) is 5.80. The van der Waals surface area contributed by atoms with Gasteiger partial charge in [0.2, 0.25) is 0 Å². The molecule has 0 saturated heterocycles. The van der Waals surface area contributed by atoms with Crippen LogP contribution in [0.2, 0.25) is 0 Å². The third-order valence-corrected chi connectivity index (χ3v) is 2.66. The molecule has 0 amide bonds. The molecule has 0 aliphatic heterocycles. The molecule has 4 heteroatoms. The van der Waals surface area contributed by atoms with Crippen LogP contribution in [-0.2, 0) is 6.54 Å². The molecular formula is C15H24N2O2. The summed E-state index contributed by atoms with van der Waals surface area (Å²) < 4.78 is 0. The molecule has 0 spiro atoms. The van der Waals surface area contributed by atoms with Crippen LogP contribution in [0.4, 0.5) is 0 Å². The van der Waals surface area contributed by atoms with Crippen LogP contribution in [0.5, 0.6) is 0 Å². The van der Waals surface area contributed by atoms with Crippen LogP contribution in [0.1, 0.15) is 43.9 Å². The zero-order valence-electron chi connectivity index (χ0n) is 12.3. The number of hydrogen-bond acceptors (Lipinski definition) is 3. The zero-order chi connectivity index (χ0) is 14.4. The first kappa shape index (κ1) is 15.6. The van der Waals surface area contributed by atoms with E-state index >= 15 is 0 Å². The molecule has 1 aromatic heterocycles. The molecule has 0 fully saturated rings. The quantitative estimate of drug-likeness (QED) is 0.822. The molecule has 1 N–H and O–H groups in total. The molecule has 106 valence electrons. The number of aromatic carboxylic acids is 1. The van der Waals surface area contributed by atoms with E-state index < -0.39 is 5.97 Å². The number of pyridine rings is 1. The Hall–Kier alpha value is -1.42. The van der Waals surface area contributed by atoms with Crippen molar-refractivity contribution < 1.29 is 9.90 Å². The first-order valence-electron chi connectivity index (χ1n) is 6.80. The van der Waals surface area contributed by atoms with Crippen molar-refractivity contribution in [1.29, 1.82) is 0 Å². The molecule has 19 heavy (non-hydrogen) atoms. The van der Waals surface area contributed by atoms with E-state index in [2.05, 4.69) is 37.6 Å². The lowest BCUT2D eigenvalue weighted by molar-refractivity contribution is 0.0689. The minimum Gasteiger partial charge on any atom is -0.477 e. The van der Waals surface area contributed by atoms with Crippen molar-refractivity contribution in [2.24, 2.45) is 11.8 Å². The molecule has 1 rings (SSSR count). The van der Waals surface area contributed by atoms with Crippen molar-refractivity contribution >= 4 is 5.97 Å². The smallest absolute Gasteiger partial charge is 0.354 e. The Morgan fingerprint density at radius 1 is 1.21 bits per heavy atom. The minimum absolute atomic E-state index is 0.117. The Bertz CT molecular complexity index is 406. The maximum Gasteiger partial charge on any atom is 0.354 e. The van der Waals surface area contributed by atoms with Gasteiger partial charge < -0.3 is 5.11 Å².